The molecule has 3 N–H and O–H groups in total. The minimum Gasteiger partial charge on any atom is -0.322 e. The lowest BCUT2D eigenvalue weighted by molar-refractivity contribution is 0.102. The number of hydrogen-bond donors (Lipinski definition) is 2. The summed E-state index contributed by atoms with van der Waals surface area (Å²) in [5, 5.41) is 4.36. The van der Waals surface area contributed by atoms with Crippen molar-refractivity contribution in [3.8, 4) is 11.8 Å². The minimum absolute atomic E-state index is 0.280. The van der Waals surface area contributed by atoms with E-state index in [1.807, 2.05) is 0 Å². The molecule has 0 saturated heterocycles. The van der Waals surface area contributed by atoms with Crippen molar-refractivity contribution in [2.24, 2.45) is 5.73 Å². The number of thiophene rings is 1. The molecular formula is C15H13FN2OS. The van der Waals surface area contributed by atoms with E-state index in [0.29, 0.717) is 16.8 Å². The second-order valence-electron chi connectivity index (χ2n) is 4.12. The summed E-state index contributed by atoms with van der Waals surface area (Å²) in [6.07, 6.45) is 0. The van der Waals surface area contributed by atoms with Crippen molar-refractivity contribution in [3.05, 3.63) is 51.5 Å². The van der Waals surface area contributed by atoms with E-state index >= 15 is 0 Å². The van der Waals surface area contributed by atoms with Crippen LogP contribution in [0.3, 0.4) is 0 Å². The monoisotopic (exact) mass is 288 g/mol. The molecule has 5 heteroatoms. The van der Waals surface area contributed by atoms with Crippen LogP contribution in [0.2, 0.25) is 0 Å². The molecular weight excluding hydrogens is 275 g/mol. The Labute approximate surface area is 120 Å². The smallest absolute Gasteiger partial charge is 0.256 e. The fourth-order valence-corrected chi connectivity index (χ4v) is 2.29. The molecule has 1 aromatic carbocycles. The fourth-order valence-electron chi connectivity index (χ4n) is 1.53. The van der Waals surface area contributed by atoms with E-state index in [-0.39, 0.29) is 18.3 Å². The van der Waals surface area contributed by atoms with Gasteiger partial charge < -0.3 is 11.1 Å². The van der Waals surface area contributed by atoms with Gasteiger partial charge in [0.25, 0.3) is 5.91 Å². The summed E-state index contributed by atoms with van der Waals surface area (Å²) >= 11 is 1.37. The lowest BCUT2D eigenvalue weighted by atomic mass is 10.2. The van der Waals surface area contributed by atoms with Gasteiger partial charge in [-0.1, -0.05) is 17.9 Å². The van der Waals surface area contributed by atoms with Crippen LogP contribution in [0.4, 0.5) is 10.1 Å². The van der Waals surface area contributed by atoms with Crippen molar-refractivity contribution in [1.82, 2.24) is 0 Å². The topological polar surface area (TPSA) is 55.1 Å². The molecule has 0 aliphatic carbocycles. The lowest BCUT2D eigenvalue weighted by Crippen LogP contribution is -2.11. The number of hydrogen-bond acceptors (Lipinski definition) is 3. The van der Waals surface area contributed by atoms with Gasteiger partial charge in [0.1, 0.15) is 5.82 Å². The number of carbonyl (C=O) groups excluding carboxylic acids is 1. The van der Waals surface area contributed by atoms with Crippen molar-refractivity contribution in [3.63, 3.8) is 0 Å². The van der Waals surface area contributed by atoms with E-state index in [1.165, 1.54) is 17.4 Å². The third-order valence-corrected chi connectivity index (χ3v) is 3.45. The molecule has 1 heterocycles. The number of halogens is 1. The molecule has 0 aliphatic heterocycles. The Morgan fingerprint density at radius 1 is 1.45 bits per heavy atom. The molecule has 0 aliphatic rings. The third-order valence-electron chi connectivity index (χ3n) is 2.60. The maximum Gasteiger partial charge on any atom is 0.256 e. The normalized spacial score (nSPS) is 9.75. The average molecular weight is 288 g/mol. The van der Waals surface area contributed by atoms with Gasteiger partial charge in [0, 0.05) is 11.1 Å². The Hall–Kier alpha value is -2.16. The molecule has 20 heavy (non-hydrogen) atoms. The highest BCUT2D eigenvalue weighted by atomic mass is 32.1. The lowest BCUT2D eigenvalue weighted by Gasteiger charge is -2.04. The maximum atomic E-state index is 13.4. The van der Waals surface area contributed by atoms with E-state index in [9.17, 15) is 9.18 Å². The first-order valence-electron chi connectivity index (χ1n) is 5.95. The molecule has 2 rings (SSSR count). The van der Waals surface area contributed by atoms with Crippen LogP contribution < -0.4 is 11.1 Å². The van der Waals surface area contributed by atoms with Crippen molar-refractivity contribution in [2.45, 2.75) is 6.92 Å². The highest BCUT2D eigenvalue weighted by Gasteiger charge is 2.09. The summed E-state index contributed by atoms with van der Waals surface area (Å²) in [7, 11) is 0. The number of nitrogens with one attached hydrogen (secondary N) is 1. The van der Waals surface area contributed by atoms with Crippen molar-refractivity contribution < 1.29 is 9.18 Å². The predicted octanol–water partition coefficient (Wildman–Crippen LogP) is 2.76. The maximum absolute atomic E-state index is 13.4. The molecule has 0 radical (unpaired) electrons. The van der Waals surface area contributed by atoms with Crippen LogP contribution in [0.1, 0.15) is 20.8 Å². The Morgan fingerprint density at radius 2 is 2.25 bits per heavy atom. The second-order valence-corrected chi connectivity index (χ2v) is 5.03. The summed E-state index contributed by atoms with van der Waals surface area (Å²) in [6, 6.07) is 6.27. The van der Waals surface area contributed by atoms with Crippen LogP contribution in [-0.2, 0) is 0 Å². The van der Waals surface area contributed by atoms with Crippen molar-refractivity contribution in [1.29, 1.82) is 0 Å². The van der Waals surface area contributed by atoms with Crippen LogP contribution in [0, 0.1) is 24.6 Å². The van der Waals surface area contributed by atoms with E-state index in [0.717, 1.165) is 4.88 Å². The molecule has 0 spiro atoms. The zero-order valence-electron chi connectivity index (χ0n) is 10.9. The average Bonchev–Trinajstić information content (AvgIpc) is 2.89. The molecule has 0 saturated carbocycles. The summed E-state index contributed by atoms with van der Waals surface area (Å²) < 4.78 is 13.4. The molecule has 3 nitrogen and oxygen atoms in total. The zero-order valence-corrected chi connectivity index (χ0v) is 11.7. The predicted molar refractivity (Wildman–Crippen MR) is 79.3 cm³/mol. The number of benzene rings is 1. The number of amides is 1. The summed E-state index contributed by atoms with van der Waals surface area (Å²) in [6.45, 7) is 1.95. The van der Waals surface area contributed by atoms with Crippen LogP contribution >= 0.6 is 11.3 Å². The van der Waals surface area contributed by atoms with Gasteiger partial charge in [-0.05, 0) is 30.7 Å². The molecule has 0 bridgehead atoms. The SMILES string of the molecule is Cc1ccc(NC(=O)c2csc(C#CCN)c2)cc1F. The number of rotatable bonds is 2. The Morgan fingerprint density at radius 3 is 2.95 bits per heavy atom. The molecule has 2 aromatic rings. The first-order chi connectivity index (χ1) is 9.60. The van der Waals surface area contributed by atoms with Gasteiger partial charge in [-0.3, -0.25) is 4.79 Å². The first kappa shape index (κ1) is 14.3. The van der Waals surface area contributed by atoms with Crippen LogP contribution in [0.5, 0.6) is 0 Å². The minimum atomic E-state index is -0.345. The van der Waals surface area contributed by atoms with E-state index in [4.69, 9.17) is 5.73 Å². The standard InChI is InChI=1S/C15H13FN2OS/c1-10-4-5-12(8-14(10)16)18-15(19)11-7-13(20-9-11)3-2-6-17/h4-5,7-9H,6,17H2,1H3,(H,18,19). The molecule has 0 atom stereocenters. The third kappa shape index (κ3) is 3.44. The van der Waals surface area contributed by atoms with E-state index in [2.05, 4.69) is 17.2 Å². The quantitative estimate of drug-likeness (QED) is 0.835. The van der Waals surface area contributed by atoms with Gasteiger partial charge in [-0.25, -0.2) is 4.39 Å². The summed E-state index contributed by atoms with van der Waals surface area (Å²) in [4.78, 5) is 12.8. The molecule has 0 fully saturated rings. The van der Waals surface area contributed by atoms with Gasteiger partial charge in [0.2, 0.25) is 0 Å². The first-order valence-corrected chi connectivity index (χ1v) is 6.83. The largest absolute Gasteiger partial charge is 0.322 e. The van der Waals surface area contributed by atoms with Gasteiger partial charge in [0.05, 0.1) is 17.0 Å². The Balaban J connectivity index is 2.11. The molecule has 1 amide bonds. The van der Waals surface area contributed by atoms with Crippen molar-refractivity contribution in [2.75, 3.05) is 11.9 Å². The van der Waals surface area contributed by atoms with Crippen molar-refractivity contribution >= 4 is 22.9 Å². The molecule has 1 aromatic heterocycles. The highest BCUT2D eigenvalue weighted by molar-refractivity contribution is 7.10. The Kier molecular flexibility index (Phi) is 4.51. The van der Waals surface area contributed by atoms with Gasteiger partial charge in [-0.2, -0.15) is 0 Å². The van der Waals surface area contributed by atoms with E-state index in [1.54, 1.807) is 30.5 Å². The number of anilines is 1. The Bertz CT molecular complexity index is 697. The summed E-state index contributed by atoms with van der Waals surface area (Å²) in [5.74, 6) is 4.96. The fraction of sp³-hybridized carbons (Fsp3) is 0.133. The molecule has 0 unspecified atom stereocenters. The number of carbonyl (C=O) groups is 1. The van der Waals surface area contributed by atoms with Gasteiger partial charge >= 0.3 is 0 Å². The van der Waals surface area contributed by atoms with Gasteiger partial charge in [-0.15, -0.1) is 11.3 Å². The second kappa shape index (κ2) is 6.33. The summed E-state index contributed by atoms with van der Waals surface area (Å²) in [5.41, 5.74) is 6.75. The van der Waals surface area contributed by atoms with Crippen LogP contribution in [0.25, 0.3) is 0 Å². The number of nitrogens with two attached hydrogens (primary N) is 1. The van der Waals surface area contributed by atoms with E-state index < -0.39 is 0 Å². The zero-order chi connectivity index (χ0) is 14.5. The van der Waals surface area contributed by atoms with Gasteiger partial charge in [0.15, 0.2) is 0 Å². The molecule has 102 valence electrons. The number of aryl methyl sites for hydroxylation is 1. The van der Waals surface area contributed by atoms with Crippen LogP contribution in [0.15, 0.2) is 29.6 Å². The highest BCUT2D eigenvalue weighted by Crippen LogP contribution is 2.17. The van der Waals surface area contributed by atoms with Crippen LogP contribution in [-0.4, -0.2) is 12.5 Å².